The highest BCUT2D eigenvalue weighted by atomic mass is 16.6. The Hall–Kier alpha value is -0.850. The highest BCUT2D eigenvalue weighted by molar-refractivity contribution is 5.67. The smallest absolute Gasteiger partial charge is 0.407 e. The van der Waals surface area contributed by atoms with Crippen LogP contribution >= 0.6 is 0 Å². The maximum atomic E-state index is 11.6. The number of alkyl carbamates (subject to hydrolysis) is 1. The molecule has 1 aliphatic rings. The minimum absolute atomic E-state index is 0.0645. The Kier molecular flexibility index (Phi) is 6.03. The van der Waals surface area contributed by atoms with Crippen molar-refractivity contribution in [3.63, 3.8) is 0 Å². The molecule has 1 heterocycles. The van der Waals surface area contributed by atoms with Crippen molar-refractivity contribution in [3.05, 3.63) is 0 Å². The van der Waals surface area contributed by atoms with Gasteiger partial charge in [-0.1, -0.05) is 0 Å². The Labute approximate surface area is 115 Å². The fourth-order valence-electron chi connectivity index (χ4n) is 2.34. The van der Waals surface area contributed by atoms with Crippen LogP contribution in [0, 0.1) is 5.41 Å². The van der Waals surface area contributed by atoms with Crippen LogP contribution < -0.4 is 16.5 Å². The molecule has 6 nitrogen and oxygen atoms in total. The van der Waals surface area contributed by atoms with Gasteiger partial charge in [-0.15, -0.1) is 0 Å². The van der Waals surface area contributed by atoms with Crippen molar-refractivity contribution in [2.75, 3.05) is 26.2 Å². The summed E-state index contributed by atoms with van der Waals surface area (Å²) >= 11 is 0. The number of hydrogen-bond acceptors (Lipinski definition) is 5. The molecule has 0 aromatic heterocycles. The number of ether oxygens (including phenoxy) is 1. The first-order valence-corrected chi connectivity index (χ1v) is 6.86. The molecule has 0 aromatic rings. The number of carbonyl (C=O) groups is 1. The molecule has 6 heteroatoms. The molecule has 0 spiro atoms. The van der Waals surface area contributed by atoms with E-state index in [1.165, 1.54) is 0 Å². The van der Waals surface area contributed by atoms with Crippen LogP contribution in [-0.2, 0) is 9.57 Å². The highest BCUT2D eigenvalue weighted by Crippen LogP contribution is 2.32. The second-order valence-corrected chi connectivity index (χ2v) is 6.24. The Morgan fingerprint density at radius 2 is 2.00 bits per heavy atom. The van der Waals surface area contributed by atoms with E-state index in [4.69, 9.17) is 15.5 Å². The molecule has 112 valence electrons. The molecule has 19 heavy (non-hydrogen) atoms. The van der Waals surface area contributed by atoms with Crippen molar-refractivity contribution < 1.29 is 14.4 Å². The van der Waals surface area contributed by atoms with Gasteiger partial charge >= 0.3 is 6.09 Å². The normalized spacial score (nSPS) is 18.9. The van der Waals surface area contributed by atoms with E-state index in [2.05, 4.69) is 10.6 Å². The average molecular weight is 273 g/mol. The third kappa shape index (κ3) is 6.22. The summed E-state index contributed by atoms with van der Waals surface area (Å²) < 4.78 is 5.20. The molecule has 1 rings (SSSR count). The summed E-state index contributed by atoms with van der Waals surface area (Å²) in [5.41, 5.74) is -0.397. The van der Waals surface area contributed by atoms with Gasteiger partial charge in [-0.05, 0) is 58.5 Å². The van der Waals surface area contributed by atoms with E-state index in [1.807, 2.05) is 20.8 Å². The molecule has 0 unspecified atom stereocenters. The summed E-state index contributed by atoms with van der Waals surface area (Å²) in [7, 11) is 0. The lowest BCUT2D eigenvalue weighted by Gasteiger charge is -2.36. The molecule has 1 amide bonds. The van der Waals surface area contributed by atoms with E-state index in [0.717, 1.165) is 32.4 Å². The number of nitrogens with two attached hydrogens (primary N) is 1. The Morgan fingerprint density at radius 1 is 1.37 bits per heavy atom. The molecule has 0 bridgehead atoms. The first-order valence-electron chi connectivity index (χ1n) is 6.86. The number of amides is 1. The predicted octanol–water partition coefficient (Wildman–Crippen LogP) is 1.16. The third-order valence-corrected chi connectivity index (χ3v) is 3.38. The van der Waals surface area contributed by atoms with Gasteiger partial charge in [0.05, 0.1) is 6.61 Å². The van der Waals surface area contributed by atoms with Crippen LogP contribution in [0.3, 0.4) is 0 Å². The van der Waals surface area contributed by atoms with Crippen molar-refractivity contribution in [2.24, 2.45) is 11.3 Å². The summed E-state index contributed by atoms with van der Waals surface area (Å²) in [5.74, 6) is 5.23. The largest absolute Gasteiger partial charge is 0.444 e. The standard InChI is InChI=1S/C13H27N3O3/c1-12(2,3)19-11(17)16-9-6-13(10-18-14)4-7-15-8-5-13/h15H,4-10,14H2,1-3H3,(H,16,17). The predicted molar refractivity (Wildman–Crippen MR) is 73.5 cm³/mol. The number of nitrogens with one attached hydrogen (secondary N) is 2. The molecule has 0 atom stereocenters. The van der Waals surface area contributed by atoms with Gasteiger partial charge in [0.2, 0.25) is 0 Å². The fraction of sp³-hybridized carbons (Fsp3) is 0.923. The van der Waals surface area contributed by atoms with Crippen molar-refractivity contribution in [2.45, 2.75) is 45.6 Å². The Balaban J connectivity index is 2.34. The van der Waals surface area contributed by atoms with E-state index >= 15 is 0 Å². The summed E-state index contributed by atoms with van der Waals surface area (Å²) in [6, 6.07) is 0. The van der Waals surface area contributed by atoms with E-state index in [0.29, 0.717) is 13.2 Å². The summed E-state index contributed by atoms with van der Waals surface area (Å²) in [6.07, 6.45) is 2.51. The molecular formula is C13H27N3O3. The summed E-state index contributed by atoms with van der Waals surface area (Å²) in [4.78, 5) is 16.4. The van der Waals surface area contributed by atoms with Gasteiger partial charge in [0.15, 0.2) is 0 Å². The lowest BCUT2D eigenvalue weighted by Crippen LogP contribution is -2.43. The van der Waals surface area contributed by atoms with Crippen LogP contribution in [0.1, 0.15) is 40.0 Å². The molecule has 1 fully saturated rings. The number of piperidine rings is 1. The Bertz CT molecular complexity index is 278. The zero-order valence-corrected chi connectivity index (χ0v) is 12.3. The SMILES string of the molecule is CC(C)(C)OC(=O)NCCC1(CON)CCNCC1. The molecule has 0 aliphatic carbocycles. The van der Waals surface area contributed by atoms with E-state index < -0.39 is 5.60 Å². The number of rotatable bonds is 5. The Morgan fingerprint density at radius 3 is 2.53 bits per heavy atom. The van der Waals surface area contributed by atoms with Gasteiger partial charge < -0.3 is 20.2 Å². The first kappa shape index (κ1) is 16.2. The van der Waals surface area contributed by atoms with Gasteiger partial charge in [0.25, 0.3) is 0 Å². The zero-order valence-electron chi connectivity index (χ0n) is 12.3. The van der Waals surface area contributed by atoms with Crippen LogP contribution in [0.15, 0.2) is 0 Å². The maximum Gasteiger partial charge on any atom is 0.407 e. The maximum absolute atomic E-state index is 11.6. The first-order chi connectivity index (χ1) is 8.87. The molecule has 0 aromatic carbocycles. The van der Waals surface area contributed by atoms with Crippen molar-refractivity contribution >= 4 is 6.09 Å². The van der Waals surface area contributed by atoms with Crippen molar-refractivity contribution in [1.29, 1.82) is 0 Å². The molecule has 0 saturated carbocycles. The zero-order chi connectivity index (χ0) is 14.4. The van der Waals surface area contributed by atoms with Crippen LogP contribution in [0.5, 0.6) is 0 Å². The topological polar surface area (TPSA) is 85.6 Å². The molecule has 1 saturated heterocycles. The van der Waals surface area contributed by atoms with Gasteiger partial charge in [0, 0.05) is 6.54 Å². The van der Waals surface area contributed by atoms with E-state index in [-0.39, 0.29) is 11.5 Å². The van der Waals surface area contributed by atoms with Crippen LogP contribution in [0.25, 0.3) is 0 Å². The second kappa shape index (κ2) is 7.07. The van der Waals surface area contributed by atoms with E-state index in [9.17, 15) is 4.79 Å². The minimum atomic E-state index is -0.461. The number of carbonyl (C=O) groups excluding carboxylic acids is 1. The van der Waals surface area contributed by atoms with E-state index in [1.54, 1.807) is 0 Å². The summed E-state index contributed by atoms with van der Waals surface area (Å²) in [5, 5.41) is 6.11. The van der Waals surface area contributed by atoms with Gasteiger partial charge in [0.1, 0.15) is 5.60 Å². The van der Waals surface area contributed by atoms with Crippen LogP contribution in [0.2, 0.25) is 0 Å². The summed E-state index contributed by atoms with van der Waals surface area (Å²) in [6.45, 7) is 8.60. The highest BCUT2D eigenvalue weighted by Gasteiger charge is 2.32. The van der Waals surface area contributed by atoms with Crippen molar-refractivity contribution in [1.82, 2.24) is 10.6 Å². The minimum Gasteiger partial charge on any atom is -0.444 e. The van der Waals surface area contributed by atoms with Crippen LogP contribution in [-0.4, -0.2) is 37.9 Å². The molecule has 1 aliphatic heterocycles. The second-order valence-electron chi connectivity index (χ2n) is 6.24. The molecular weight excluding hydrogens is 246 g/mol. The van der Waals surface area contributed by atoms with Gasteiger partial charge in [-0.25, -0.2) is 10.7 Å². The lowest BCUT2D eigenvalue weighted by atomic mass is 9.77. The van der Waals surface area contributed by atoms with Gasteiger partial charge in [-0.2, -0.15) is 0 Å². The molecule has 0 radical (unpaired) electrons. The molecule has 4 N–H and O–H groups in total. The lowest BCUT2D eigenvalue weighted by molar-refractivity contribution is 0.0164. The van der Waals surface area contributed by atoms with Crippen LogP contribution in [0.4, 0.5) is 4.79 Å². The van der Waals surface area contributed by atoms with Crippen molar-refractivity contribution in [3.8, 4) is 0 Å². The third-order valence-electron chi connectivity index (χ3n) is 3.38. The average Bonchev–Trinajstić information content (AvgIpc) is 2.28. The number of hydrogen-bond donors (Lipinski definition) is 3. The monoisotopic (exact) mass is 273 g/mol. The quantitative estimate of drug-likeness (QED) is 0.655. The van der Waals surface area contributed by atoms with Gasteiger partial charge in [-0.3, -0.25) is 0 Å². The fourth-order valence-corrected chi connectivity index (χ4v) is 2.34.